The molecule has 0 bridgehead atoms. The number of hydrogen-bond acceptors (Lipinski definition) is 5. The Bertz CT molecular complexity index is 1170. The number of hydrogen-bond donors (Lipinski definition) is 1. The van der Waals surface area contributed by atoms with Crippen LogP contribution in [0.2, 0.25) is 0 Å². The number of rotatable bonds is 6. The summed E-state index contributed by atoms with van der Waals surface area (Å²) >= 11 is 1.63. The molecule has 168 valence electrons. The molecular weight excluding hydrogens is 436 g/mol. The molecule has 1 heterocycles. The molecular formula is C26H24N2O4S. The first kappa shape index (κ1) is 22.6. The van der Waals surface area contributed by atoms with Crippen molar-refractivity contribution >= 4 is 40.9 Å². The molecule has 3 aromatic carbocycles. The van der Waals surface area contributed by atoms with Crippen LogP contribution in [-0.2, 0) is 14.3 Å². The molecule has 1 N–H and O–H groups in total. The lowest BCUT2D eigenvalue weighted by Crippen LogP contribution is -2.38. The highest BCUT2D eigenvalue weighted by Gasteiger charge is 2.30. The van der Waals surface area contributed by atoms with Gasteiger partial charge in [-0.1, -0.05) is 54.6 Å². The molecule has 0 saturated carbocycles. The smallest absolute Gasteiger partial charge is 0.340 e. The summed E-state index contributed by atoms with van der Waals surface area (Å²) in [5.74, 6) is -1.03. The van der Waals surface area contributed by atoms with Gasteiger partial charge in [-0.05, 0) is 36.8 Å². The first-order valence-corrected chi connectivity index (χ1v) is 11.6. The monoisotopic (exact) mass is 460 g/mol. The van der Waals surface area contributed by atoms with Gasteiger partial charge in [0, 0.05) is 16.6 Å². The average molecular weight is 461 g/mol. The third-order valence-corrected chi connectivity index (χ3v) is 6.58. The normalized spacial score (nSPS) is 15.4. The Morgan fingerprint density at radius 3 is 2.48 bits per heavy atom. The third-order valence-electron chi connectivity index (χ3n) is 5.26. The van der Waals surface area contributed by atoms with Crippen LogP contribution in [0.5, 0.6) is 0 Å². The highest BCUT2D eigenvalue weighted by atomic mass is 32.2. The standard InChI is InChI=1S/C26H24N2O4S/c1-2-32-26(31)19-12-6-7-13-20(19)27-24(29)17-28-21-14-8-9-15-22(21)33-23(16-25(28)30)18-10-4-3-5-11-18/h3-15,23H,2,16-17H2,1H3,(H,27,29)/t23-/m0/s1. The van der Waals surface area contributed by atoms with E-state index in [0.717, 1.165) is 10.5 Å². The summed E-state index contributed by atoms with van der Waals surface area (Å²) in [5, 5.41) is 2.73. The summed E-state index contributed by atoms with van der Waals surface area (Å²) in [5.41, 5.74) is 2.41. The van der Waals surface area contributed by atoms with Crippen molar-refractivity contribution in [3.05, 3.63) is 90.0 Å². The molecule has 4 rings (SSSR count). The summed E-state index contributed by atoms with van der Waals surface area (Å²) in [7, 11) is 0. The van der Waals surface area contributed by atoms with Gasteiger partial charge in [0.25, 0.3) is 0 Å². The summed E-state index contributed by atoms with van der Waals surface area (Å²) in [6, 6.07) is 24.2. The Kier molecular flexibility index (Phi) is 7.10. The van der Waals surface area contributed by atoms with Crippen LogP contribution in [0.25, 0.3) is 0 Å². The second-order valence-corrected chi connectivity index (χ2v) is 8.73. The maximum absolute atomic E-state index is 13.3. The van der Waals surface area contributed by atoms with Crippen LogP contribution in [-0.4, -0.2) is 30.9 Å². The number of fused-ring (bicyclic) bond motifs is 1. The number of thioether (sulfide) groups is 1. The second-order valence-electron chi connectivity index (χ2n) is 7.48. The summed E-state index contributed by atoms with van der Waals surface area (Å²) in [4.78, 5) is 40.9. The van der Waals surface area contributed by atoms with Gasteiger partial charge in [-0.25, -0.2) is 4.79 Å². The lowest BCUT2D eigenvalue weighted by Gasteiger charge is -2.22. The van der Waals surface area contributed by atoms with Gasteiger partial charge in [0.1, 0.15) is 6.54 Å². The van der Waals surface area contributed by atoms with Gasteiger partial charge in [0.2, 0.25) is 11.8 Å². The number of benzene rings is 3. The van der Waals surface area contributed by atoms with Crippen LogP contribution in [0, 0.1) is 0 Å². The van der Waals surface area contributed by atoms with E-state index in [1.165, 1.54) is 4.90 Å². The number of carbonyl (C=O) groups excluding carboxylic acids is 3. The molecule has 0 aliphatic carbocycles. The zero-order valence-electron chi connectivity index (χ0n) is 18.2. The van der Waals surface area contributed by atoms with Gasteiger partial charge in [-0.2, -0.15) is 0 Å². The average Bonchev–Trinajstić information content (AvgIpc) is 2.96. The number of carbonyl (C=O) groups is 3. The van der Waals surface area contributed by atoms with Crippen molar-refractivity contribution in [3.8, 4) is 0 Å². The number of esters is 1. The number of amides is 2. The maximum atomic E-state index is 13.3. The predicted octanol–water partition coefficient (Wildman–Crippen LogP) is 5.07. The van der Waals surface area contributed by atoms with E-state index in [1.807, 2.05) is 54.6 Å². The minimum atomic E-state index is -0.508. The topological polar surface area (TPSA) is 75.7 Å². The Hall–Kier alpha value is -3.58. The highest BCUT2D eigenvalue weighted by molar-refractivity contribution is 7.99. The lowest BCUT2D eigenvalue weighted by atomic mass is 10.1. The van der Waals surface area contributed by atoms with Crippen molar-refractivity contribution in [2.45, 2.75) is 23.5 Å². The van der Waals surface area contributed by atoms with Gasteiger partial charge >= 0.3 is 5.97 Å². The Labute approximate surface area is 196 Å². The van der Waals surface area contributed by atoms with Crippen LogP contribution in [0.4, 0.5) is 11.4 Å². The van der Waals surface area contributed by atoms with Crippen LogP contribution < -0.4 is 10.2 Å². The molecule has 0 unspecified atom stereocenters. The summed E-state index contributed by atoms with van der Waals surface area (Å²) in [6.07, 6.45) is 0.274. The van der Waals surface area contributed by atoms with E-state index in [2.05, 4.69) is 5.32 Å². The number of para-hydroxylation sites is 2. The van der Waals surface area contributed by atoms with Crippen molar-refractivity contribution in [2.24, 2.45) is 0 Å². The Morgan fingerprint density at radius 1 is 1.00 bits per heavy atom. The molecule has 3 aromatic rings. The van der Waals surface area contributed by atoms with Crippen molar-refractivity contribution in [2.75, 3.05) is 23.4 Å². The number of nitrogens with one attached hydrogen (secondary N) is 1. The summed E-state index contributed by atoms with van der Waals surface area (Å²) < 4.78 is 5.08. The molecule has 0 aromatic heterocycles. The van der Waals surface area contributed by atoms with Crippen LogP contribution >= 0.6 is 11.8 Å². The van der Waals surface area contributed by atoms with E-state index >= 15 is 0 Å². The Morgan fingerprint density at radius 2 is 1.70 bits per heavy atom. The van der Waals surface area contributed by atoms with Gasteiger partial charge in [0.15, 0.2) is 0 Å². The van der Waals surface area contributed by atoms with Gasteiger partial charge in [-0.15, -0.1) is 11.8 Å². The minimum absolute atomic E-state index is 0.0440. The van der Waals surface area contributed by atoms with Crippen LogP contribution in [0.15, 0.2) is 83.8 Å². The third kappa shape index (κ3) is 5.26. The molecule has 1 aliphatic heterocycles. The molecule has 0 saturated heterocycles. The number of ether oxygens (including phenoxy) is 1. The van der Waals surface area contributed by atoms with E-state index in [-0.39, 0.29) is 36.3 Å². The molecule has 6 nitrogen and oxygen atoms in total. The molecule has 1 aliphatic rings. The quantitative estimate of drug-likeness (QED) is 0.520. The molecule has 0 radical (unpaired) electrons. The van der Waals surface area contributed by atoms with Crippen LogP contribution in [0.1, 0.15) is 34.5 Å². The first-order chi connectivity index (χ1) is 16.1. The predicted molar refractivity (Wildman–Crippen MR) is 129 cm³/mol. The van der Waals surface area contributed by atoms with Crippen molar-refractivity contribution in [1.29, 1.82) is 0 Å². The fraction of sp³-hybridized carbons (Fsp3) is 0.192. The lowest BCUT2D eigenvalue weighted by molar-refractivity contribution is -0.121. The Balaban J connectivity index is 1.56. The molecule has 1 atom stereocenters. The fourth-order valence-corrected chi connectivity index (χ4v) is 5.00. The number of anilines is 2. The van der Waals surface area contributed by atoms with E-state index in [0.29, 0.717) is 11.4 Å². The van der Waals surface area contributed by atoms with Crippen molar-refractivity contribution in [3.63, 3.8) is 0 Å². The minimum Gasteiger partial charge on any atom is -0.462 e. The van der Waals surface area contributed by atoms with E-state index in [9.17, 15) is 14.4 Å². The molecule has 0 spiro atoms. The van der Waals surface area contributed by atoms with E-state index in [1.54, 1.807) is 43.0 Å². The van der Waals surface area contributed by atoms with E-state index in [4.69, 9.17) is 4.74 Å². The molecule has 33 heavy (non-hydrogen) atoms. The van der Waals surface area contributed by atoms with Crippen molar-refractivity contribution < 1.29 is 19.1 Å². The molecule has 7 heteroatoms. The van der Waals surface area contributed by atoms with Crippen LogP contribution in [0.3, 0.4) is 0 Å². The zero-order valence-corrected chi connectivity index (χ0v) is 19.0. The highest BCUT2D eigenvalue weighted by Crippen LogP contribution is 2.45. The number of nitrogens with zero attached hydrogens (tertiary/aromatic N) is 1. The largest absolute Gasteiger partial charge is 0.462 e. The maximum Gasteiger partial charge on any atom is 0.340 e. The van der Waals surface area contributed by atoms with Gasteiger partial charge < -0.3 is 15.0 Å². The van der Waals surface area contributed by atoms with Gasteiger partial charge in [0.05, 0.1) is 23.5 Å². The molecule has 2 amide bonds. The first-order valence-electron chi connectivity index (χ1n) is 10.7. The second kappa shape index (κ2) is 10.4. The summed E-state index contributed by atoms with van der Waals surface area (Å²) in [6.45, 7) is 1.80. The van der Waals surface area contributed by atoms with Crippen molar-refractivity contribution in [1.82, 2.24) is 0 Å². The van der Waals surface area contributed by atoms with E-state index < -0.39 is 11.9 Å². The van der Waals surface area contributed by atoms with Gasteiger partial charge in [-0.3, -0.25) is 9.59 Å². The fourth-order valence-electron chi connectivity index (χ4n) is 3.72. The molecule has 0 fully saturated rings. The zero-order chi connectivity index (χ0) is 23.2. The SMILES string of the molecule is CCOC(=O)c1ccccc1NC(=O)CN1C(=O)C[C@@H](c2ccccc2)Sc2ccccc21.